The zero-order valence-corrected chi connectivity index (χ0v) is 25.7. The molecular formula is C30H41FN4O5S. The summed E-state index contributed by atoms with van der Waals surface area (Å²) in [5, 5.41) is 15.9. The Morgan fingerprint density at radius 1 is 1.22 bits per heavy atom. The van der Waals surface area contributed by atoms with Crippen LogP contribution in [0.3, 0.4) is 0 Å². The van der Waals surface area contributed by atoms with E-state index >= 15 is 0 Å². The van der Waals surface area contributed by atoms with Gasteiger partial charge in [-0.3, -0.25) is 14.4 Å². The summed E-state index contributed by atoms with van der Waals surface area (Å²) in [6, 6.07) is 3.80. The molecule has 1 saturated carbocycles. The molecule has 0 radical (unpaired) electrons. The molecule has 1 aromatic heterocycles. The molecule has 4 rings (SSSR count). The van der Waals surface area contributed by atoms with Crippen LogP contribution >= 0.6 is 11.3 Å². The zero-order valence-electron chi connectivity index (χ0n) is 24.8. The number of halogens is 1. The fourth-order valence-electron chi connectivity index (χ4n) is 4.86. The third-order valence-corrected chi connectivity index (χ3v) is 8.27. The number of ether oxygens (including phenoxy) is 1. The quantitative estimate of drug-likeness (QED) is 0.430. The van der Waals surface area contributed by atoms with Crippen molar-refractivity contribution < 1.29 is 28.6 Å². The molecule has 0 bridgehead atoms. The first-order valence-electron chi connectivity index (χ1n) is 14.0. The molecular weight excluding hydrogens is 547 g/mol. The third-order valence-electron chi connectivity index (χ3n) is 7.29. The van der Waals surface area contributed by atoms with E-state index in [2.05, 4.69) is 15.6 Å². The summed E-state index contributed by atoms with van der Waals surface area (Å²) in [5.74, 6) is -1.14. The number of benzene rings is 1. The molecule has 2 aromatic rings. The van der Waals surface area contributed by atoms with Gasteiger partial charge in [0, 0.05) is 25.1 Å². The van der Waals surface area contributed by atoms with Gasteiger partial charge in [0.1, 0.15) is 23.4 Å². The number of aromatic nitrogens is 1. The number of carbonyl (C=O) groups excluding carboxylic acids is 3. The molecule has 1 saturated heterocycles. The topological polar surface area (TPSA) is 121 Å². The van der Waals surface area contributed by atoms with E-state index in [1.807, 2.05) is 45.9 Å². The fourth-order valence-corrected chi connectivity index (χ4v) is 5.67. The summed E-state index contributed by atoms with van der Waals surface area (Å²) in [7, 11) is 0. The molecule has 41 heavy (non-hydrogen) atoms. The van der Waals surface area contributed by atoms with Crippen LogP contribution in [-0.4, -0.2) is 68.7 Å². The molecule has 2 aliphatic rings. The monoisotopic (exact) mass is 588 g/mol. The lowest BCUT2D eigenvalue weighted by molar-refractivity contribution is -0.145. The van der Waals surface area contributed by atoms with E-state index < -0.39 is 52.6 Å². The van der Waals surface area contributed by atoms with Crippen LogP contribution in [0.4, 0.5) is 4.39 Å². The highest BCUT2D eigenvalue weighted by atomic mass is 32.1. The highest BCUT2D eigenvalue weighted by Crippen LogP contribution is 2.40. The summed E-state index contributed by atoms with van der Waals surface area (Å²) < 4.78 is 20.7. The second kappa shape index (κ2) is 11.3. The third kappa shape index (κ3) is 7.24. The maximum atomic E-state index is 14.4. The predicted molar refractivity (Wildman–Crippen MR) is 155 cm³/mol. The predicted octanol–water partition coefficient (Wildman–Crippen LogP) is 3.91. The lowest BCUT2D eigenvalue weighted by atomic mass is 9.85. The molecule has 2 fully saturated rings. The van der Waals surface area contributed by atoms with Crippen LogP contribution in [-0.2, 0) is 20.9 Å². The smallest absolute Gasteiger partial charge is 0.258 e. The largest absolute Gasteiger partial charge is 0.488 e. The lowest BCUT2D eigenvalue weighted by Crippen LogP contribution is -2.59. The normalized spacial score (nSPS) is 20.9. The van der Waals surface area contributed by atoms with Gasteiger partial charge in [0.05, 0.1) is 22.2 Å². The molecule has 224 valence electrons. The molecule has 2 heterocycles. The minimum absolute atomic E-state index is 0.0541. The van der Waals surface area contributed by atoms with Crippen molar-refractivity contribution in [2.24, 2.45) is 5.41 Å². The fraction of sp³-hybridized carbons (Fsp3) is 0.600. The maximum Gasteiger partial charge on any atom is 0.258 e. The number of aliphatic hydroxyl groups is 1. The Morgan fingerprint density at radius 3 is 2.46 bits per heavy atom. The number of aryl methyl sites for hydroxylation is 1. The first-order chi connectivity index (χ1) is 19.0. The van der Waals surface area contributed by atoms with Gasteiger partial charge in [0.15, 0.2) is 5.67 Å². The van der Waals surface area contributed by atoms with Crippen LogP contribution in [0.5, 0.6) is 5.75 Å². The minimum atomic E-state index is -1.94. The van der Waals surface area contributed by atoms with E-state index in [1.165, 1.54) is 4.90 Å². The van der Waals surface area contributed by atoms with E-state index in [-0.39, 0.29) is 32.4 Å². The van der Waals surface area contributed by atoms with E-state index in [9.17, 15) is 23.9 Å². The molecule has 3 amide bonds. The average Bonchev–Trinajstić information content (AvgIpc) is 3.27. The van der Waals surface area contributed by atoms with Gasteiger partial charge >= 0.3 is 0 Å². The van der Waals surface area contributed by atoms with Gasteiger partial charge in [0.2, 0.25) is 11.8 Å². The summed E-state index contributed by atoms with van der Waals surface area (Å²) in [6.45, 7) is 13.2. The molecule has 1 unspecified atom stereocenters. The Labute approximate surface area is 244 Å². The number of nitrogens with one attached hydrogen (secondary N) is 2. The lowest BCUT2D eigenvalue weighted by Gasteiger charge is -2.35. The molecule has 0 spiro atoms. The second-order valence-corrected chi connectivity index (χ2v) is 14.0. The highest BCUT2D eigenvalue weighted by molar-refractivity contribution is 7.13. The van der Waals surface area contributed by atoms with Crippen molar-refractivity contribution in [3.8, 4) is 16.2 Å². The summed E-state index contributed by atoms with van der Waals surface area (Å²) in [4.78, 5) is 46.3. The van der Waals surface area contributed by atoms with Crippen LogP contribution < -0.4 is 15.4 Å². The molecule has 11 heteroatoms. The van der Waals surface area contributed by atoms with E-state index in [4.69, 9.17) is 4.74 Å². The van der Waals surface area contributed by atoms with Gasteiger partial charge in [0.25, 0.3) is 5.91 Å². The minimum Gasteiger partial charge on any atom is -0.488 e. The van der Waals surface area contributed by atoms with Gasteiger partial charge < -0.3 is 25.4 Å². The number of nitrogens with zero attached hydrogens (tertiary/aromatic N) is 2. The van der Waals surface area contributed by atoms with Gasteiger partial charge in [-0.15, -0.1) is 11.3 Å². The maximum absolute atomic E-state index is 14.4. The first kappa shape index (κ1) is 30.9. The SMILES string of the molecule is Cc1ncsc1-c1ccc(CNC(=O)[C@@H]2C[C@@H](O)CN2C(=O)C(NC(=O)C2(F)CC2)C(C)(C)C)c(OC(C)(C)C)c1. The average molecular weight is 589 g/mol. The van der Waals surface area contributed by atoms with Crippen LogP contribution in [0.15, 0.2) is 23.7 Å². The highest BCUT2D eigenvalue weighted by Gasteiger charge is 2.53. The molecule has 9 nitrogen and oxygen atoms in total. The van der Waals surface area contributed by atoms with Crippen LogP contribution in [0, 0.1) is 12.3 Å². The van der Waals surface area contributed by atoms with Crippen LogP contribution in [0.2, 0.25) is 0 Å². The van der Waals surface area contributed by atoms with Crippen molar-refractivity contribution >= 4 is 29.1 Å². The number of amides is 3. The van der Waals surface area contributed by atoms with E-state index in [1.54, 1.807) is 37.6 Å². The zero-order chi connectivity index (χ0) is 30.3. The van der Waals surface area contributed by atoms with Gasteiger partial charge in [-0.1, -0.05) is 32.9 Å². The van der Waals surface area contributed by atoms with Crippen LogP contribution in [0.25, 0.3) is 10.4 Å². The molecule has 3 N–H and O–H groups in total. The summed E-state index contributed by atoms with van der Waals surface area (Å²) in [6.07, 6.45) is -0.583. The van der Waals surface area contributed by atoms with E-state index in [0.717, 1.165) is 21.7 Å². The number of hydrogen-bond donors (Lipinski definition) is 3. The number of likely N-dealkylation sites (tertiary alicyclic amines) is 1. The Morgan fingerprint density at radius 2 is 1.90 bits per heavy atom. The number of alkyl halides is 1. The molecule has 1 aliphatic heterocycles. The molecule has 1 aromatic carbocycles. The Hall–Kier alpha value is -3.05. The van der Waals surface area contributed by atoms with Crippen molar-refractivity contribution in [3.05, 3.63) is 35.0 Å². The molecule has 1 aliphatic carbocycles. The van der Waals surface area contributed by atoms with E-state index in [0.29, 0.717) is 5.75 Å². The Bertz CT molecular complexity index is 1310. The second-order valence-electron chi connectivity index (χ2n) is 13.2. The standard InChI is InChI=1S/C30H41FN4O5S/c1-17-23(41-16-33-17)18-8-9-19(22(12-18)40-29(5,6)7)14-32-25(37)21-13-20(36)15-35(21)26(38)24(28(2,3)4)34-27(39)30(31)10-11-30/h8-9,12,16,20-21,24,36H,10-11,13-15H2,1-7H3,(H,32,37)(H,34,39)/t20-,21+,24?/m1/s1. The molecule has 3 atom stereocenters. The van der Waals surface area contributed by atoms with Gasteiger partial charge in [-0.05, 0) is 57.6 Å². The van der Waals surface area contributed by atoms with Crippen LogP contribution in [0.1, 0.15) is 72.1 Å². The van der Waals surface area contributed by atoms with Crippen molar-refractivity contribution in [2.75, 3.05) is 6.54 Å². The Kier molecular flexibility index (Phi) is 8.53. The van der Waals surface area contributed by atoms with Crippen molar-refractivity contribution in [3.63, 3.8) is 0 Å². The number of rotatable bonds is 8. The number of aliphatic hydroxyl groups excluding tert-OH is 1. The number of thiazole rings is 1. The number of hydrogen-bond acceptors (Lipinski definition) is 7. The summed E-state index contributed by atoms with van der Waals surface area (Å²) >= 11 is 1.54. The van der Waals surface area contributed by atoms with Crippen molar-refractivity contribution in [1.29, 1.82) is 0 Å². The number of carbonyl (C=O) groups is 3. The van der Waals surface area contributed by atoms with Gasteiger partial charge in [-0.2, -0.15) is 0 Å². The number of β-amino-alcohol motifs (C(OH)–C–C–N with tert-alkyl or cyclic N) is 1. The Balaban J connectivity index is 1.51. The van der Waals surface area contributed by atoms with Crippen molar-refractivity contribution in [2.45, 2.75) is 104 Å². The van der Waals surface area contributed by atoms with Gasteiger partial charge in [-0.25, -0.2) is 9.37 Å². The first-order valence-corrected chi connectivity index (χ1v) is 14.8. The summed E-state index contributed by atoms with van der Waals surface area (Å²) in [5.41, 5.74) is 1.27. The van der Waals surface area contributed by atoms with Crippen molar-refractivity contribution in [1.82, 2.24) is 20.5 Å².